The van der Waals surface area contributed by atoms with E-state index in [1.807, 2.05) is 0 Å². The Morgan fingerprint density at radius 3 is 2.36 bits per heavy atom. The van der Waals surface area contributed by atoms with Crippen molar-refractivity contribution in [2.24, 2.45) is 7.05 Å². The summed E-state index contributed by atoms with van der Waals surface area (Å²) < 4.78 is 64.3. The van der Waals surface area contributed by atoms with Gasteiger partial charge < -0.3 is 14.6 Å². The summed E-state index contributed by atoms with van der Waals surface area (Å²) in [6, 6.07) is 1.58. The first-order valence-electron chi connectivity index (χ1n) is 9.24. The van der Waals surface area contributed by atoms with Gasteiger partial charge in [-0.2, -0.15) is 13.2 Å². The zero-order chi connectivity index (χ0) is 24.7. The standard InChI is InChI=1S/C19H15ClF4N2O7/c1-25-13(19(22,23)24)7-14(27)26(17(25)31)11-6-12(9(20)5-10(11)21)33-18(3-2-4-18)16(30)32-8-15(28)29/h5-7H,2-4,8H2,1H3,(H,28,29). The Balaban J connectivity index is 2.07. The summed E-state index contributed by atoms with van der Waals surface area (Å²) in [5, 5.41) is 8.30. The topological polar surface area (TPSA) is 117 Å². The first kappa shape index (κ1) is 24.3. The second-order valence-electron chi connectivity index (χ2n) is 7.20. The molecule has 0 radical (unpaired) electrons. The molecule has 14 heteroatoms. The number of halogens is 5. The van der Waals surface area contributed by atoms with Gasteiger partial charge >= 0.3 is 23.8 Å². The highest BCUT2D eigenvalue weighted by molar-refractivity contribution is 6.32. The van der Waals surface area contributed by atoms with E-state index in [9.17, 15) is 36.7 Å². The van der Waals surface area contributed by atoms with Crippen LogP contribution in [0.25, 0.3) is 5.69 Å². The zero-order valence-corrected chi connectivity index (χ0v) is 17.5. The molecule has 0 saturated heterocycles. The maximum atomic E-state index is 14.6. The van der Waals surface area contributed by atoms with E-state index in [4.69, 9.17) is 21.4 Å². The summed E-state index contributed by atoms with van der Waals surface area (Å²) in [6.07, 6.45) is -4.29. The average molecular weight is 495 g/mol. The molecule has 1 fully saturated rings. The Bertz CT molecular complexity index is 1250. The number of hydrogen-bond donors (Lipinski definition) is 1. The lowest BCUT2D eigenvalue weighted by Gasteiger charge is -2.39. The Kier molecular flexibility index (Phi) is 6.29. The van der Waals surface area contributed by atoms with Gasteiger partial charge in [0, 0.05) is 19.2 Å². The van der Waals surface area contributed by atoms with Crippen molar-refractivity contribution < 1.29 is 41.7 Å². The van der Waals surface area contributed by atoms with E-state index >= 15 is 0 Å². The quantitative estimate of drug-likeness (QED) is 0.483. The number of benzene rings is 1. The highest BCUT2D eigenvalue weighted by Crippen LogP contribution is 2.41. The molecule has 0 amide bonds. The molecule has 1 aliphatic carbocycles. The molecule has 0 bridgehead atoms. The van der Waals surface area contributed by atoms with Crippen molar-refractivity contribution in [1.82, 2.24) is 9.13 Å². The molecule has 0 aliphatic heterocycles. The molecule has 1 aromatic heterocycles. The molecule has 178 valence electrons. The molecule has 1 aliphatic rings. The highest BCUT2D eigenvalue weighted by Gasteiger charge is 2.49. The zero-order valence-electron chi connectivity index (χ0n) is 16.7. The number of aliphatic carboxylic acids is 1. The van der Waals surface area contributed by atoms with Crippen molar-refractivity contribution in [3.63, 3.8) is 0 Å². The lowest BCUT2D eigenvalue weighted by Crippen LogP contribution is -2.52. The van der Waals surface area contributed by atoms with Crippen molar-refractivity contribution in [2.45, 2.75) is 31.0 Å². The predicted octanol–water partition coefficient (Wildman–Crippen LogP) is 2.28. The summed E-state index contributed by atoms with van der Waals surface area (Å²) in [6.45, 7) is -0.927. The van der Waals surface area contributed by atoms with Crippen LogP contribution in [-0.2, 0) is 27.5 Å². The summed E-state index contributed by atoms with van der Waals surface area (Å²) in [4.78, 5) is 47.8. The second-order valence-corrected chi connectivity index (χ2v) is 7.60. The van der Waals surface area contributed by atoms with Crippen LogP contribution in [0.1, 0.15) is 25.0 Å². The average Bonchev–Trinajstić information content (AvgIpc) is 2.67. The number of carbonyl (C=O) groups is 2. The fourth-order valence-corrected chi connectivity index (χ4v) is 3.39. The van der Waals surface area contributed by atoms with Gasteiger partial charge in [-0.15, -0.1) is 0 Å². The van der Waals surface area contributed by atoms with Crippen LogP contribution in [0, 0.1) is 5.82 Å². The monoisotopic (exact) mass is 494 g/mol. The third-order valence-corrected chi connectivity index (χ3v) is 5.31. The fraction of sp³-hybridized carbons (Fsp3) is 0.368. The normalized spacial score (nSPS) is 15.0. The number of hydrogen-bond acceptors (Lipinski definition) is 6. The molecule has 9 nitrogen and oxygen atoms in total. The molecule has 0 unspecified atom stereocenters. The van der Waals surface area contributed by atoms with Gasteiger partial charge in [-0.1, -0.05) is 11.6 Å². The van der Waals surface area contributed by atoms with Crippen LogP contribution in [-0.4, -0.2) is 38.4 Å². The Morgan fingerprint density at radius 2 is 1.85 bits per heavy atom. The van der Waals surface area contributed by atoms with Gasteiger partial charge in [0.1, 0.15) is 17.3 Å². The molecular weight excluding hydrogens is 480 g/mol. The van der Waals surface area contributed by atoms with E-state index < -0.39 is 58.8 Å². The molecular formula is C19H15ClF4N2O7. The third-order valence-electron chi connectivity index (χ3n) is 5.02. The minimum Gasteiger partial charge on any atom is -0.479 e. The SMILES string of the molecule is Cn1c(C(F)(F)F)cc(=O)n(-c2cc(OC3(C(=O)OCC(=O)O)CCC3)c(Cl)cc2F)c1=O. The van der Waals surface area contributed by atoms with Crippen molar-refractivity contribution >= 4 is 23.5 Å². The lowest BCUT2D eigenvalue weighted by atomic mass is 9.80. The van der Waals surface area contributed by atoms with Gasteiger partial charge in [-0.05, 0) is 25.3 Å². The van der Waals surface area contributed by atoms with E-state index in [0.717, 1.165) is 13.1 Å². The fourth-order valence-electron chi connectivity index (χ4n) is 3.20. The summed E-state index contributed by atoms with van der Waals surface area (Å²) in [7, 11) is 0.758. The number of carboxylic acid groups (broad SMARTS) is 1. The van der Waals surface area contributed by atoms with Crippen LogP contribution >= 0.6 is 11.6 Å². The molecule has 2 aromatic rings. The van der Waals surface area contributed by atoms with Crippen molar-refractivity contribution in [1.29, 1.82) is 0 Å². The van der Waals surface area contributed by atoms with Crippen molar-refractivity contribution in [3.05, 3.63) is 55.6 Å². The molecule has 1 N–H and O–H groups in total. The number of carboxylic acids is 1. The molecule has 0 atom stereocenters. The number of nitrogens with zero attached hydrogens (tertiary/aromatic N) is 2. The maximum absolute atomic E-state index is 14.6. The van der Waals surface area contributed by atoms with E-state index in [2.05, 4.69) is 4.74 Å². The van der Waals surface area contributed by atoms with Gasteiger partial charge in [-0.25, -0.2) is 23.3 Å². The number of alkyl halides is 3. The van der Waals surface area contributed by atoms with Crippen LogP contribution in [0.3, 0.4) is 0 Å². The smallest absolute Gasteiger partial charge is 0.431 e. The summed E-state index contributed by atoms with van der Waals surface area (Å²) >= 11 is 5.97. The van der Waals surface area contributed by atoms with Crippen LogP contribution in [0.2, 0.25) is 5.02 Å². The van der Waals surface area contributed by atoms with E-state index in [-0.39, 0.29) is 38.8 Å². The second kappa shape index (κ2) is 8.54. The van der Waals surface area contributed by atoms with Crippen LogP contribution < -0.4 is 16.0 Å². The maximum Gasteiger partial charge on any atom is 0.431 e. The lowest BCUT2D eigenvalue weighted by molar-refractivity contribution is -0.174. The first-order valence-corrected chi connectivity index (χ1v) is 9.62. The minimum absolute atomic E-state index is 0.108. The van der Waals surface area contributed by atoms with E-state index in [1.165, 1.54) is 0 Å². The number of aromatic nitrogens is 2. The van der Waals surface area contributed by atoms with Crippen LogP contribution in [0.15, 0.2) is 27.8 Å². The van der Waals surface area contributed by atoms with Gasteiger partial charge in [0.05, 0.1) is 10.7 Å². The Labute approximate surface area is 186 Å². The van der Waals surface area contributed by atoms with Gasteiger partial charge in [0.25, 0.3) is 5.56 Å². The largest absolute Gasteiger partial charge is 0.479 e. The van der Waals surface area contributed by atoms with Crippen molar-refractivity contribution in [3.8, 4) is 11.4 Å². The van der Waals surface area contributed by atoms with Gasteiger partial charge in [0.2, 0.25) is 5.60 Å². The first-order chi connectivity index (χ1) is 15.3. The third kappa shape index (κ3) is 4.58. The predicted molar refractivity (Wildman–Crippen MR) is 103 cm³/mol. The number of rotatable bonds is 6. The van der Waals surface area contributed by atoms with Gasteiger partial charge in [0.15, 0.2) is 6.61 Å². The minimum atomic E-state index is -5.01. The van der Waals surface area contributed by atoms with Crippen LogP contribution in [0.4, 0.5) is 17.6 Å². The number of esters is 1. The van der Waals surface area contributed by atoms with E-state index in [0.29, 0.717) is 12.5 Å². The van der Waals surface area contributed by atoms with Crippen LogP contribution in [0.5, 0.6) is 5.75 Å². The molecule has 1 aromatic carbocycles. The molecule has 1 saturated carbocycles. The van der Waals surface area contributed by atoms with Crippen molar-refractivity contribution in [2.75, 3.05) is 6.61 Å². The Hall–Kier alpha value is -3.35. The Morgan fingerprint density at radius 1 is 1.21 bits per heavy atom. The summed E-state index contributed by atoms with van der Waals surface area (Å²) in [5.74, 6) is -4.01. The molecule has 0 spiro atoms. The van der Waals surface area contributed by atoms with Gasteiger partial charge in [-0.3, -0.25) is 9.36 Å². The van der Waals surface area contributed by atoms with E-state index in [1.54, 1.807) is 0 Å². The number of ether oxygens (including phenoxy) is 2. The molecule has 3 rings (SSSR count). The molecule has 1 heterocycles. The molecule has 33 heavy (non-hydrogen) atoms. The summed E-state index contributed by atoms with van der Waals surface area (Å²) in [5.41, 5.74) is -6.88. The highest BCUT2D eigenvalue weighted by atomic mass is 35.5. The number of carbonyl (C=O) groups excluding carboxylic acids is 1.